The molecule has 6 heteroatoms. The highest BCUT2D eigenvalue weighted by molar-refractivity contribution is 6.03. The van der Waals surface area contributed by atoms with Gasteiger partial charge in [0.1, 0.15) is 6.17 Å². The number of amides is 2. The highest BCUT2D eigenvalue weighted by Gasteiger charge is 2.28. The molecule has 1 unspecified atom stereocenters. The number of carbonyl (C=O) groups is 2. The molecule has 1 aromatic rings. The first-order valence-corrected chi connectivity index (χ1v) is 5.60. The van der Waals surface area contributed by atoms with Gasteiger partial charge in [0, 0.05) is 24.9 Å². The minimum Gasteiger partial charge on any atom is -0.276 e. The number of likely N-dealkylation sites (tertiary alicyclic amines) is 1. The molecule has 1 aliphatic heterocycles. The lowest BCUT2D eigenvalue weighted by molar-refractivity contribution is -0.145. The van der Waals surface area contributed by atoms with E-state index in [-0.39, 0.29) is 25.3 Å². The van der Waals surface area contributed by atoms with Crippen LogP contribution in [0.15, 0.2) is 24.5 Å². The van der Waals surface area contributed by atoms with Gasteiger partial charge in [0.15, 0.2) is 5.82 Å². The smallest absolute Gasteiger partial charge is 0.253 e. The maximum Gasteiger partial charge on any atom is 0.253 e. The standard InChI is InChI=1S/C12H12FN3O2/c13-9-2-4-11(17)16(8-9)12(18)5-3-10-14-6-1-7-15-10/h1,3,5-7,9H,2,4,8H2/b5-3+. The highest BCUT2D eigenvalue weighted by atomic mass is 19.1. The van der Waals surface area contributed by atoms with Crippen LogP contribution in [0, 0.1) is 0 Å². The number of nitrogens with zero attached hydrogens (tertiary/aromatic N) is 3. The van der Waals surface area contributed by atoms with Crippen molar-refractivity contribution in [2.75, 3.05) is 6.54 Å². The molecular weight excluding hydrogens is 237 g/mol. The number of carbonyl (C=O) groups excluding carboxylic acids is 2. The molecule has 0 N–H and O–H groups in total. The van der Waals surface area contributed by atoms with E-state index in [0.717, 1.165) is 4.90 Å². The minimum absolute atomic E-state index is 0.0720. The maximum absolute atomic E-state index is 13.1. The van der Waals surface area contributed by atoms with Crippen molar-refractivity contribution in [1.82, 2.24) is 14.9 Å². The number of hydrogen-bond donors (Lipinski definition) is 0. The lowest BCUT2D eigenvalue weighted by Gasteiger charge is -2.26. The zero-order valence-corrected chi connectivity index (χ0v) is 9.62. The van der Waals surface area contributed by atoms with Crippen LogP contribution in [-0.2, 0) is 9.59 Å². The van der Waals surface area contributed by atoms with Crippen molar-refractivity contribution >= 4 is 17.9 Å². The third kappa shape index (κ3) is 2.97. The van der Waals surface area contributed by atoms with Crippen LogP contribution in [0.2, 0.25) is 0 Å². The fraction of sp³-hybridized carbons (Fsp3) is 0.333. The van der Waals surface area contributed by atoms with Crippen LogP contribution in [-0.4, -0.2) is 39.4 Å². The van der Waals surface area contributed by atoms with E-state index in [0.29, 0.717) is 5.82 Å². The molecule has 94 valence electrons. The molecule has 18 heavy (non-hydrogen) atoms. The van der Waals surface area contributed by atoms with Crippen molar-refractivity contribution in [3.05, 3.63) is 30.4 Å². The minimum atomic E-state index is -1.13. The van der Waals surface area contributed by atoms with Crippen LogP contribution in [0.25, 0.3) is 6.08 Å². The third-order valence-corrected chi connectivity index (χ3v) is 2.58. The Labute approximate surface area is 103 Å². The van der Waals surface area contributed by atoms with Gasteiger partial charge in [-0.1, -0.05) is 0 Å². The number of hydrogen-bond acceptors (Lipinski definition) is 4. The number of imide groups is 1. The molecule has 1 aromatic heterocycles. The molecule has 0 radical (unpaired) electrons. The summed E-state index contributed by atoms with van der Waals surface area (Å²) in [6.45, 7) is -0.169. The van der Waals surface area contributed by atoms with Gasteiger partial charge in [0.25, 0.3) is 5.91 Å². The summed E-state index contributed by atoms with van der Waals surface area (Å²) in [5.74, 6) is -0.505. The molecule has 2 amide bonds. The molecule has 5 nitrogen and oxygen atoms in total. The van der Waals surface area contributed by atoms with Crippen molar-refractivity contribution in [2.24, 2.45) is 0 Å². The van der Waals surface area contributed by atoms with Gasteiger partial charge in [0.05, 0.1) is 6.54 Å². The molecule has 0 aliphatic carbocycles. The Morgan fingerprint density at radius 2 is 2.17 bits per heavy atom. The lowest BCUT2D eigenvalue weighted by atomic mass is 10.1. The van der Waals surface area contributed by atoms with E-state index in [9.17, 15) is 14.0 Å². The highest BCUT2D eigenvalue weighted by Crippen LogP contribution is 2.14. The van der Waals surface area contributed by atoms with E-state index in [1.807, 2.05) is 0 Å². The molecule has 1 saturated heterocycles. The Kier molecular flexibility index (Phi) is 3.76. The van der Waals surface area contributed by atoms with Gasteiger partial charge in [-0.3, -0.25) is 14.5 Å². The quantitative estimate of drug-likeness (QED) is 0.733. The van der Waals surface area contributed by atoms with Crippen LogP contribution in [0.1, 0.15) is 18.7 Å². The largest absolute Gasteiger partial charge is 0.276 e. The number of alkyl halides is 1. The van der Waals surface area contributed by atoms with Crippen LogP contribution >= 0.6 is 0 Å². The van der Waals surface area contributed by atoms with Crippen LogP contribution in [0.3, 0.4) is 0 Å². The normalized spacial score (nSPS) is 20.4. The van der Waals surface area contributed by atoms with E-state index in [4.69, 9.17) is 0 Å². The zero-order valence-electron chi connectivity index (χ0n) is 9.62. The second-order valence-corrected chi connectivity index (χ2v) is 3.92. The zero-order chi connectivity index (χ0) is 13.0. The molecule has 2 heterocycles. The molecule has 1 fully saturated rings. The van der Waals surface area contributed by atoms with Gasteiger partial charge in [-0.15, -0.1) is 0 Å². The number of piperidine rings is 1. The fourth-order valence-corrected chi connectivity index (χ4v) is 1.65. The Morgan fingerprint density at radius 3 is 2.89 bits per heavy atom. The molecule has 0 aromatic carbocycles. The summed E-state index contributed by atoms with van der Waals surface area (Å²) < 4.78 is 13.1. The summed E-state index contributed by atoms with van der Waals surface area (Å²) in [4.78, 5) is 31.9. The molecule has 0 bridgehead atoms. The van der Waals surface area contributed by atoms with Gasteiger partial charge in [-0.05, 0) is 18.6 Å². The predicted molar refractivity (Wildman–Crippen MR) is 61.9 cm³/mol. The summed E-state index contributed by atoms with van der Waals surface area (Å²) in [5, 5.41) is 0. The molecule has 2 rings (SSSR count). The number of halogens is 1. The van der Waals surface area contributed by atoms with Gasteiger partial charge < -0.3 is 0 Å². The lowest BCUT2D eigenvalue weighted by Crippen LogP contribution is -2.44. The Balaban J connectivity index is 2.03. The first-order valence-electron chi connectivity index (χ1n) is 5.60. The summed E-state index contributed by atoms with van der Waals surface area (Å²) in [5.41, 5.74) is 0. The van der Waals surface area contributed by atoms with Gasteiger partial charge in [-0.2, -0.15) is 0 Å². The van der Waals surface area contributed by atoms with E-state index in [1.165, 1.54) is 12.2 Å². The fourth-order valence-electron chi connectivity index (χ4n) is 1.65. The van der Waals surface area contributed by atoms with Gasteiger partial charge in [-0.25, -0.2) is 14.4 Å². The topological polar surface area (TPSA) is 63.2 Å². The third-order valence-electron chi connectivity index (χ3n) is 2.58. The number of rotatable bonds is 2. The second kappa shape index (κ2) is 5.48. The molecule has 1 aliphatic rings. The Bertz CT molecular complexity index is 475. The SMILES string of the molecule is O=C(/C=C/c1ncccn1)N1CC(F)CCC1=O. The van der Waals surface area contributed by atoms with E-state index < -0.39 is 12.1 Å². The van der Waals surface area contributed by atoms with E-state index in [2.05, 4.69) is 9.97 Å². The maximum atomic E-state index is 13.1. The number of aromatic nitrogens is 2. The predicted octanol–water partition coefficient (Wildman–Crippen LogP) is 0.977. The second-order valence-electron chi connectivity index (χ2n) is 3.92. The summed E-state index contributed by atoms with van der Waals surface area (Å²) in [6, 6.07) is 1.65. The van der Waals surface area contributed by atoms with Crippen LogP contribution in [0.5, 0.6) is 0 Å². The van der Waals surface area contributed by atoms with Crippen LogP contribution < -0.4 is 0 Å². The van der Waals surface area contributed by atoms with Crippen molar-refractivity contribution in [3.8, 4) is 0 Å². The van der Waals surface area contributed by atoms with Crippen molar-refractivity contribution < 1.29 is 14.0 Å². The first kappa shape index (κ1) is 12.3. The summed E-state index contributed by atoms with van der Waals surface area (Å²) >= 11 is 0. The molecule has 0 saturated carbocycles. The van der Waals surface area contributed by atoms with E-state index in [1.54, 1.807) is 18.5 Å². The first-order chi connectivity index (χ1) is 8.66. The monoisotopic (exact) mass is 249 g/mol. The molecule has 1 atom stereocenters. The van der Waals surface area contributed by atoms with Gasteiger partial charge >= 0.3 is 0 Å². The Morgan fingerprint density at radius 1 is 1.44 bits per heavy atom. The van der Waals surface area contributed by atoms with Crippen molar-refractivity contribution in [2.45, 2.75) is 19.0 Å². The Hall–Kier alpha value is -2.11. The average Bonchev–Trinajstić information content (AvgIpc) is 2.40. The molecular formula is C12H12FN3O2. The van der Waals surface area contributed by atoms with Crippen molar-refractivity contribution in [3.63, 3.8) is 0 Å². The summed E-state index contributed by atoms with van der Waals surface area (Å²) in [6.07, 6.45) is 4.80. The molecule has 0 spiro atoms. The van der Waals surface area contributed by atoms with Crippen LogP contribution in [0.4, 0.5) is 4.39 Å². The summed E-state index contributed by atoms with van der Waals surface area (Å²) in [7, 11) is 0. The van der Waals surface area contributed by atoms with Gasteiger partial charge in [0.2, 0.25) is 5.91 Å². The van der Waals surface area contributed by atoms with E-state index >= 15 is 0 Å². The average molecular weight is 249 g/mol. The van der Waals surface area contributed by atoms with Crippen molar-refractivity contribution in [1.29, 1.82) is 0 Å².